The molecule has 26 heavy (non-hydrogen) atoms. The largest absolute Gasteiger partial charge is 0.396 e. The van der Waals surface area contributed by atoms with E-state index in [1.54, 1.807) is 0 Å². The van der Waals surface area contributed by atoms with Crippen LogP contribution in [-0.4, -0.2) is 45.4 Å². The number of aliphatic hydroxyl groups is 1. The fourth-order valence-corrected chi connectivity index (χ4v) is 5.20. The predicted molar refractivity (Wildman–Crippen MR) is 104 cm³/mol. The molecule has 2 aliphatic rings. The topological polar surface area (TPSA) is 50.4 Å². The van der Waals surface area contributed by atoms with Crippen molar-refractivity contribution >= 4 is 11.0 Å². The Bertz CT molecular complexity index is 803. The molecular formula is C21H31N3O2. The monoisotopic (exact) mass is 357 g/mol. The van der Waals surface area contributed by atoms with E-state index in [4.69, 9.17) is 0 Å². The van der Waals surface area contributed by atoms with Crippen molar-refractivity contribution in [1.82, 2.24) is 14.0 Å². The smallest absolute Gasteiger partial charge is 0.329 e. The summed E-state index contributed by atoms with van der Waals surface area (Å²) in [6.07, 6.45) is 6.39. The number of para-hydroxylation sites is 2. The number of hydrogen-bond acceptors (Lipinski definition) is 3. The second-order valence-corrected chi connectivity index (χ2v) is 8.09. The number of piperidine rings is 1. The van der Waals surface area contributed by atoms with Crippen LogP contribution >= 0.6 is 0 Å². The fraction of sp³-hybridized carbons (Fsp3) is 0.667. The highest BCUT2D eigenvalue weighted by Crippen LogP contribution is 2.32. The van der Waals surface area contributed by atoms with E-state index in [-0.39, 0.29) is 24.3 Å². The van der Waals surface area contributed by atoms with Crippen molar-refractivity contribution in [2.45, 2.75) is 51.6 Å². The molecule has 2 fully saturated rings. The Morgan fingerprint density at radius 3 is 2.54 bits per heavy atom. The first-order valence-electron chi connectivity index (χ1n) is 10.3. The predicted octanol–water partition coefficient (Wildman–Crippen LogP) is 2.87. The molecule has 0 radical (unpaired) electrons. The molecule has 1 saturated carbocycles. The highest BCUT2D eigenvalue weighted by Gasteiger charge is 2.33. The van der Waals surface area contributed by atoms with E-state index in [0.29, 0.717) is 6.54 Å². The number of aryl methyl sites for hydroxylation is 1. The summed E-state index contributed by atoms with van der Waals surface area (Å²) in [6.45, 7) is 5.92. The quantitative estimate of drug-likeness (QED) is 0.895. The zero-order valence-electron chi connectivity index (χ0n) is 15.8. The zero-order valence-corrected chi connectivity index (χ0v) is 15.8. The van der Waals surface area contributed by atoms with Crippen LogP contribution in [0.5, 0.6) is 0 Å². The van der Waals surface area contributed by atoms with Crippen LogP contribution in [0.1, 0.15) is 45.1 Å². The van der Waals surface area contributed by atoms with Gasteiger partial charge in [0, 0.05) is 44.7 Å². The maximum Gasteiger partial charge on any atom is 0.329 e. The van der Waals surface area contributed by atoms with Gasteiger partial charge in [-0.2, -0.15) is 0 Å². The van der Waals surface area contributed by atoms with E-state index in [1.807, 2.05) is 40.3 Å². The van der Waals surface area contributed by atoms with Crippen molar-refractivity contribution in [3.63, 3.8) is 0 Å². The first kappa shape index (κ1) is 17.8. The molecule has 0 spiro atoms. The Labute approximate surface area is 155 Å². The third-order valence-electron chi connectivity index (χ3n) is 6.52. The minimum atomic E-state index is 0.0707. The molecule has 2 heterocycles. The number of rotatable bonds is 5. The standard InChI is InChI=1S/C21H31N3O2/c1-2-23-19-9-5-6-10-20(19)24(21(23)26)18-11-12-22(14-17(18)15-25)13-16-7-3-4-8-16/h5-6,9-10,16-18,25H,2-4,7-8,11-15H2,1H3/t17-,18+/m0/s1. The number of hydrogen-bond donors (Lipinski definition) is 1. The number of imidazole rings is 1. The maximum atomic E-state index is 13.1. The molecule has 142 valence electrons. The van der Waals surface area contributed by atoms with Crippen LogP contribution in [0.4, 0.5) is 0 Å². The second-order valence-electron chi connectivity index (χ2n) is 8.09. The minimum absolute atomic E-state index is 0.0707. The summed E-state index contributed by atoms with van der Waals surface area (Å²) in [5, 5.41) is 10.1. The van der Waals surface area contributed by atoms with Crippen LogP contribution in [0, 0.1) is 11.8 Å². The molecule has 0 unspecified atom stereocenters. The number of benzene rings is 1. The van der Waals surface area contributed by atoms with Gasteiger partial charge < -0.3 is 10.0 Å². The van der Waals surface area contributed by atoms with Gasteiger partial charge in [-0.3, -0.25) is 9.13 Å². The molecule has 1 saturated heterocycles. The first-order valence-corrected chi connectivity index (χ1v) is 10.3. The Hall–Kier alpha value is -1.59. The summed E-state index contributed by atoms with van der Waals surface area (Å²) >= 11 is 0. The Morgan fingerprint density at radius 2 is 1.85 bits per heavy atom. The summed E-state index contributed by atoms with van der Waals surface area (Å²) in [5.74, 6) is 0.953. The summed E-state index contributed by atoms with van der Waals surface area (Å²) < 4.78 is 3.82. The van der Waals surface area contributed by atoms with Gasteiger partial charge in [0.2, 0.25) is 0 Å². The average Bonchev–Trinajstić information content (AvgIpc) is 3.27. The number of aliphatic hydroxyl groups excluding tert-OH is 1. The lowest BCUT2D eigenvalue weighted by Crippen LogP contribution is -2.46. The van der Waals surface area contributed by atoms with Gasteiger partial charge in [-0.1, -0.05) is 25.0 Å². The molecule has 0 bridgehead atoms. The van der Waals surface area contributed by atoms with Crippen molar-refractivity contribution in [1.29, 1.82) is 0 Å². The van der Waals surface area contributed by atoms with Gasteiger partial charge in [-0.15, -0.1) is 0 Å². The van der Waals surface area contributed by atoms with E-state index in [9.17, 15) is 9.90 Å². The van der Waals surface area contributed by atoms with E-state index >= 15 is 0 Å². The van der Waals surface area contributed by atoms with Crippen LogP contribution < -0.4 is 5.69 Å². The molecule has 5 heteroatoms. The van der Waals surface area contributed by atoms with Crippen LogP contribution in [0.3, 0.4) is 0 Å². The van der Waals surface area contributed by atoms with E-state index in [0.717, 1.165) is 43.0 Å². The third-order valence-corrected chi connectivity index (χ3v) is 6.52. The molecule has 0 amide bonds. The zero-order chi connectivity index (χ0) is 18.1. The lowest BCUT2D eigenvalue weighted by molar-refractivity contribution is 0.0681. The lowest BCUT2D eigenvalue weighted by atomic mass is 9.91. The molecule has 2 atom stereocenters. The highest BCUT2D eigenvalue weighted by molar-refractivity contribution is 5.76. The molecule has 5 nitrogen and oxygen atoms in total. The third kappa shape index (κ3) is 3.12. The fourth-order valence-electron chi connectivity index (χ4n) is 5.20. The van der Waals surface area contributed by atoms with Gasteiger partial charge in [0.05, 0.1) is 11.0 Å². The van der Waals surface area contributed by atoms with Gasteiger partial charge in [0.25, 0.3) is 0 Å². The van der Waals surface area contributed by atoms with Crippen LogP contribution in [-0.2, 0) is 6.54 Å². The van der Waals surface area contributed by atoms with Crippen molar-refractivity contribution in [3.8, 4) is 0 Å². The van der Waals surface area contributed by atoms with Gasteiger partial charge in [-0.05, 0) is 44.2 Å². The summed E-state index contributed by atoms with van der Waals surface area (Å²) in [6, 6.07) is 8.15. The summed E-state index contributed by atoms with van der Waals surface area (Å²) in [7, 11) is 0. The van der Waals surface area contributed by atoms with Gasteiger partial charge in [0.1, 0.15) is 0 Å². The van der Waals surface area contributed by atoms with Crippen molar-refractivity contribution in [2.75, 3.05) is 26.2 Å². The molecule has 2 aromatic rings. The van der Waals surface area contributed by atoms with Crippen molar-refractivity contribution < 1.29 is 5.11 Å². The number of nitrogens with zero attached hydrogens (tertiary/aromatic N) is 3. The number of fused-ring (bicyclic) bond motifs is 1. The molecule has 4 rings (SSSR count). The van der Waals surface area contributed by atoms with Crippen molar-refractivity contribution in [3.05, 3.63) is 34.7 Å². The number of likely N-dealkylation sites (tertiary alicyclic amines) is 1. The van der Waals surface area contributed by atoms with Gasteiger partial charge in [0.15, 0.2) is 0 Å². The van der Waals surface area contributed by atoms with Gasteiger partial charge >= 0.3 is 5.69 Å². The van der Waals surface area contributed by atoms with Crippen LogP contribution in [0.25, 0.3) is 11.0 Å². The normalized spacial score (nSPS) is 25.3. The molecule has 1 aromatic carbocycles. The van der Waals surface area contributed by atoms with E-state index in [2.05, 4.69) is 4.90 Å². The number of aromatic nitrogens is 2. The lowest BCUT2D eigenvalue weighted by Gasteiger charge is -2.39. The maximum absolute atomic E-state index is 13.1. The molecular weight excluding hydrogens is 326 g/mol. The SMILES string of the molecule is CCn1c(=O)n([C@@H]2CCN(CC3CCCC3)C[C@H]2CO)c2ccccc21. The Balaban J connectivity index is 1.61. The van der Waals surface area contributed by atoms with Crippen LogP contribution in [0.15, 0.2) is 29.1 Å². The second kappa shape index (κ2) is 7.57. The first-order chi connectivity index (χ1) is 12.7. The Morgan fingerprint density at radius 1 is 1.12 bits per heavy atom. The van der Waals surface area contributed by atoms with Crippen LogP contribution in [0.2, 0.25) is 0 Å². The van der Waals surface area contributed by atoms with Gasteiger partial charge in [-0.25, -0.2) is 4.79 Å². The Kier molecular flexibility index (Phi) is 5.18. The van der Waals surface area contributed by atoms with Crippen molar-refractivity contribution in [2.24, 2.45) is 11.8 Å². The summed E-state index contributed by atoms with van der Waals surface area (Å²) in [4.78, 5) is 15.6. The molecule has 1 aliphatic heterocycles. The van der Waals surface area contributed by atoms with E-state index < -0.39 is 0 Å². The molecule has 1 aromatic heterocycles. The minimum Gasteiger partial charge on any atom is -0.396 e. The van der Waals surface area contributed by atoms with E-state index in [1.165, 1.54) is 25.7 Å². The highest BCUT2D eigenvalue weighted by atomic mass is 16.3. The summed E-state index contributed by atoms with van der Waals surface area (Å²) in [5.41, 5.74) is 2.08. The average molecular weight is 357 g/mol. The molecule has 1 N–H and O–H groups in total. The molecule has 1 aliphatic carbocycles.